The van der Waals surface area contributed by atoms with Crippen molar-refractivity contribution < 1.29 is 4.79 Å². The summed E-state index contributed by atoms with van der Waals surface area (Å²) >= 11 is 0. The number of aromatic nitrogens is 1. The highest BCUT2D eigenvalue weighted by molar-refractivity contribution is 5.90. The van der Waals surface area contributed by atoms with Gasteiger partial charge in [-0.2, -0.15) is 0 Å². The molecule has 0 aliphatic rings. The van der Waals surface area contributed by atoms with Crippen molar-refractivity contribution in [3.8, 4) is 0 Å². The fraction of sp³-hybridized carbons (Fsp3) is 0.500. The molecule has 1 heterocycles. The second kappa shape index (κ2) is 6.20. The number of nitrogens with one attached hydrogen (secondary N) is 2. The molecule has 0 radical (unpaired) electrons. The molecule has 0 atom stereocenters. The third-order valence-electron chi connectivity index (χ3n) is 2.27. The maximum Gasteiger partial charge on any atom is 0.250 e. The molecule has 0 fully saturated rings. The van der Waals surface area contributed by atoms with Crippen LogP contribution in [0.5, 0.6) is 0 Å². The number of hydrogen-bond acceptors (Lipinski definition) is 3. The Kier molecular flexibility index (Phi) is 4.90. The fourth-order valence-corrected chi connectivity index (χ4v) is 1.37. The van der Waals surface area contributed by atoms with Gasteiger partial charge in [0.1, 0.15) is 0 Å². The van der Waals surface area contributed by atoms with E-state index in [1.54, 1.807) is 19.3 Å². The summed E-state index contributed by atoms with van der Waals surface area (Å²) in [6, 6.07) is 3.42. The van der Waals surface area contributed by atoms with Gasteiger partial charge in [0.05, 0.1) is 5.69 Å². The van der Waals surface area contributed by atoms with Gasteiger partial charge in [-0.05, 0) is 6.07 Å². The normalized spacial score (nSPS) is 10.6. The predicted molar refractivity (Wildman–Crippen MR) is 68.1 cm³/mol. The van der Waals surface area contributed by atoms with Crippen molar-refractivity contribution in [3.63, 3.8) is 0 Å². The predicted octanol–water partition coefficient (Wildman–Crippen LogP) is 0.712. The van der Waals surface area contributed by atoms with Crippen LogP contribution in [0.4, 0.5) is 5.69 Å². The van der Waals surface area contributed by atoms with E-state index >= 15 is 0 Å². The first kappa shape index (κ1) is 13.4. The smallest absolute Gasteiger partial charge is 0.250 e. The second-order valence-corrected chi connectivity index (χ2v) is 4.27. The van der Waals surface area contributed by atoms with E-state index in [-0.39, 0.29) is 11.5 Å². The summed E-state index contributed by atoms with van der Waals surface area (Å²) < 4.78 is 1.43. The van der Waals surface area contributed by atoms with Gasteiger partial charge >= 0.3 is 0 Å². The molecule has 0 saturated carbocycles. The van der Waals surface area contributed by atoms with Crippen LogP contribution in [0.25, 0.3) is 0 Å². The number of nitrogens with zero attached hydrogens (tertiary/aromatic N) is 1. The molecule has 0 saturated heterocycles. The van der Waals surface area contributed by atoms with Gasteiger partial charge in [0.2, 0.25) is 11.5 Å². The van der Waals surface area contributed by atoms with Crippen molar-refractivity contribution >= 4 is 11.6 Å². The van der Waals surface area contributed by atoms with Crippen LogP contribution in [0.1, 0.15) is 20.3 Å². The molecule has 0 unspecified atom stereocenters. The zero-order valence-electron chi connectivity index (χ0n) is 10.5. The number of hydrogen-bond donors (Lipinski definition) is 2. The lowest BCUT2D eigenvalue weighted by Gasteiger charge is -2.09. The van der Waals surface area contributed by atoms with Crippen molar-refractivity contribution in [3.05, 3.63) is 28.7 Å². The van der Waals surface area contributed by atoms with E-state index in [1.165, 1.54) is 10.6 Å². The highest BCUT2D eigenvalue weighted by Gasteiger charge is 2.03. The van der Waals surface area contributed by atoms with Gasteiger partial charge in [0.15, 0.2) is 0 Å². The Labute approximate surface area is 101 Å². The monoisotopic (exact) mass is 237 g/mol. The summed E-state index contributed by atoms with van der Waals surface area (Å²) in [6.07, 6.45) is 2.02. The van der Waals surface area contributed by atoms with Gasteiger partial charge in [-0.1, -0.05) is 13.8 Å². The Morgan fingerprint density at radius 3 is 2.71 bits per heavy atom. The summed E-state index contributed by atoms with van der Waals surface area (Å²) in [5.74, 6) is -0.0585. The minimum atomic E-state index is -0.0931. The van der Waals surface area contributed by atoms with Crippen molar-refractivity contribution in [2.24, 2.45) is 7.05 Å². The van der Waals surface area contributed by atoms with Gasteiger partial charge in [-0.25, -0.2) is 0 Å². The summed E-state index contributed by atoms with van der Waals surface area (Å²) in [5, 5.41) is 5.91. The Balaban J connectivity index is 2.45. The van der Waals surface area contributed by atoms with Crippen LogP contribution in [0.2, 0.25) is 0 Å². The molecule has 94 valence electrons. The summed E-state index contributed by atoms with van der Waals surface area (Å²) in [4.78, 5) is 22.7. The fourth-order valence-electron chi connectivity index (χ4n) is 1.37. The third kappa shape index (κ3) is 4.82. The molecule has 1 aromatic heterocycles. The van der Waals surface area contributed by atoms with Crippen LogP contribution in [-0.4, -0.2) is 23.1 Å². The maximum absolute atomic E-state index is 11.6. The molecule has 0 bridgehead atoms. The van der Waals surface area contributed by atoms with E-state index in [4.69, 9.17) is 0 Å². The molecule has 5 heteroatoms. The lowest BCUT2D eigenvalue weighted by atomic mass is 10.3. The molecular weight excluding hydrogens is 218 g/mol. The Morgan fingerprint density at radius 2 is 2.12 bits per heavy atom. The molecule has 5 nitrogen and oxygen atoms in total. The first-order chi connectivity index (χ1) is 7.99. The molecule has 1 amide bonds. The molecule has 2 N–H and O–H groups in total. The van der Waals surface area contributed by atoms with E-state index in [1.807, 2.05) is 13.8 Å². The number of aryl methyl sites for hydroxylation is 1. The van der Waals surface area contributed by atoms with Crippen LogP contribution >= 0.6 is 0 Å². The van der Waals surface area contributed by atoms with Crippen molar-refractivity contribution in [1.82, 2.24) is 9.88 Å². The molecule has 0 aromatic carbocycles. The largest absolute Gasteiger partial charge is 0.325 e. The number of amides is 1. The zero-order valence-corrected chi connectivity index (χ0v) is 10.5. The first-order valence-electron chi connectivity index (χ1n) is 5.69. The summed E-state index contributed by atoms with van der Waals surface area (Å²) in [5.41, 5.74) is 0.547. The number of rotatable bonds is 5. The highest BCUT2D eigenvalue weighted by atomic mass is 16.1. The van der Waals surface area contributed by atoms with Crippen molar-refractivity contribution in [2.45, 2.75) is 26.3 Å². The Morgan fingerprint density at radius 1 is 1.41 bits per heavy atom. The third-order valence-corrected chi connectivity index (χ3v) is 2.27. The van der Waals surface area contributed by atoms with E-state index in [0.29, 0.717) is 24.7 Å². The van der Waals surface area contributed by atoms with Gasteiger partial charge in [0.25, 0.3) is 0 Å². The van der Waals surface area contributed by atoms with Gasteiger partial charge in [-0.15, -0.1) is 0 Å². The van der Waals surface area contributed by atoms with E-state index in [2.05, 4.69) is 10.6 Å². The second-order valence-electron chi connectivity index (χ2n) is 4.27. The lowest BCUT2D eigenvalue weighted by molar-refractivity contribution is -0.116. The summed E-state index contributed by atoms with van der Waals surface area (Å²) in [7, 11) is 1.65. The Bertz CT molecular complexity index is 438. The van der Waals surface area contributed by atoms with E-state index in [0.717, 1.165) is 0 Å². The average molecular weight is 237 g/mol. The minimum absolute atomic E-state index is 0.0585. The topological polar surface area (TPSA) is 63.1 Å². The van der Waals surface area contributed by atoms with Crippen LogP contribution in [0.3, 0.4) is 0 Å². The SMILES string of the molecule is CC(C)NCCC(=O)Nc1ccc(=O)n(C)c1. The quantitative estimate of drug-likeness (QED) is 0.793. The molecule has 17 heavy (non-hydrogen) atoms. The van der Waals surface area contributed by atoms with Gasteiger partial charge in [-0.3, -0.25) is 9.59 Å². The van der Waals surface area contributed by atoms with Gasteiger partial charge < -0.3 is 15.2 Å². The average Bonchev–Trinajstić information content (AvgIpc) is 2.23. The standard InChI is InChI=1S/C12H19N3O2/c1-9(2)13-7-6-11(16)14-10-4-5-12(17)15(3)8-10/h4-5,8-9,13H,6-7H2,1-3H3,(H,14,16). The molecule has 0 aliphatic carbocycles. The van der Waals surface area contributed by atoms with Crippen LogP contribution in [0, 0.1) is 0 Å². The number of anilines is 1. The van der Waals surface area contributed by atoms with Crippen molar-refractivity contribution in [2.75, 3.05) is 11.9 Å². The number of carbonyl (C=O) groups excluding carboxylic acids is 1. The molecule has 1 aromatic rings. The molecule has 0 spiro atoms. The molecule has 1 rings (SSSR count). The Hall–Kier alpha value is -1.62. The van der Waals surface area contributed by atoms with Crippen LogP contribution in [-0.2, 0) is 11.8 Å². The van der Waals surface area contributed by atoms with E-state index in [9.17, 15) is 9.59 Å². The van der Waals surface area contributed by atoms with Crippen LogP contribution in [0.15, 0.2) is 23.1 Å². The number of pyridine rings is 1. The number of carbonyl (C=O) groups is 1. The van der Waals surface area contributed by atoms with Crippen LogP contribution < -0.4 is 16.2 Å². The maximum atomic E-state index is 11.6. The highest BCUT2D eigenvalue weighted by Crippen LogP contribution is 2.02. The molecule has 0 aliphatic heterocycles. The molecular formula is C12H19N3O2. The van der Waals surface area contributed by atoms with Crippen molar-refractivity contribution in [1.29, 1.82) is 0 Å². The minimum Gasteiger partial charge on any atom is -0.325 e. The lowest BCUT2D eigenvalue weighted by Crippen LogP contribution is -2.27. The van der Waals surface area contributed by atoms with E-state index < -0.39 is 0 Å². The zero-order chi connectivity index (χ0) is 12.8. The first-order valence-corrected chi connectivity index (χ1v) is 5.69. The summed E-state index contributed by atoms with van der Waals surface area (Å²) in [6.45, 7) is 4.71. The van der Waals surface area contributed by atoms with Gasteiger partial charge in [0, 0.05) is 38.3 Å².